The van der Waals surface area contributed by atoms with Gasteiger partial charge in [-0.05, 0) is 31.9 Å². The van der Waals surface area contributed by atoms with E-state index in [2.05, 4.69) is 15.5 Å². The van der Waals surface area contributed by atoms with Gasteiger partial charge in [0.15, 0.2) is 0 Å². The Balaban J connectivity index is 1.81. The van der Waals surface area contributed by atoms with E-state index in [1.54, 1.807) is 7.05 Å². The fourth-order valence-corrected chi connectivity index (χ4v) is 2.29. The first kappa shape index (κ1) is 18.8. The summed E-state index contributed by atoms with van der Waals surface area (Å²) in [5.41, 5.74) is 1.07. The number of ether oxygens (including phenoxy) is 1. The third-order valence-corrected chi connectivity index (χ3v) is 3.54. The summed E-state index contributed by atoms with van der Waals surface area (Å²) in [6.45, 7) is 6.73. The summed E-state index contributed by atoms with van der Waals surface area (Å²) in [6.07, 6.45) is 1.49. The van der Waals surface area contributed by atoms with Crippen LogP contribution < -0.4 is 10.1 Å². The molecule has 0 aliphatic heterocycles. The number of urea groups is 1. The fraction of sp³-hybridized carbons (Fsp3) is 0.500. The summed E-state index contributed by atoms with van der Waals surface area (Å²) in [7, 11) is 1.70. The fourth-order valence-electron chi connectivity index (χ4n) is 2.29. The molecular weight excluding hydrogens is 320 g/mol. The molecule has 1 heterocycles. The number of nitrogens with one attached hydrogen (secondary N) is 1. The predicted octanol–water partition coefficient (Wildman–Crippen LogP) is 2.80. The van der Waals surface area contributed by atoms with Crippen LogP contribution in [0.3, 0.4) is 0 Å². The minimum Gasteiger partial charge on any atom is -0.491 e. The van der Waals surface area contributed by atoms with E-state index in [0.717, 1.165) is 11.3 Å². The average Bonchev–Trinajstić information content (AvgIpc) is 3.03. The van der Waals surface area contributed by atoms with Gasteiger partial charge in [0, 0.05) is 20.0 Å². The second-order valence-electron chi connectivity index (χ2n) is 6.06. The van der Waals surface area contributed by atoms with Crippen LogP contribution in [-0.4, -0.2) is 40.8 Å². The van der Waals surface area contributed by atoms with Crippen LogP contribution in [0.2, 0.25) is 0 Å². The molecule has 0 atom stereocenters. The topological polar surface area (TPSA) is 80.5 Å². The van der Waals surface area contributed by atoms with Gasteiger partial charge >= 0.3 is 6.03 Å². The Bertz CT molecular complexity index is 684. The number of aromatic nitrogens is 2. The number of hydrogen-bond donors (Lipinski definition) is 1. The molecule has 25 heavy (non-hydrogen) atoms. The summed E-state index contributed by atoms with van der Waals surface area (Å²) in [4.78, 5) is 13.7. The van der Waals surface area contributed by atoms with Gasteiger partial charge < -0.3 is 19.4 Å². The Labute approximate surface area is 148 Å². The van der Waals surface area contributed by atoms with Crippen molar-refractivity contribution in [3.8, 4) is 5.75 Å². The van der Waals surface area contributed by atoms with Crippen LogP contribution in [0.4, 0.5) is 4.79 Å². The Hall–Kier alpha value is -2.57. The van der Waals surface area contributed by atoms with E-state index in [9.17, 15) is 4.79 Å². The number of benzene rings is 1. The molecule has 0 aliphatic carbocycles. The lowest BCUT2D eigenvalue weighted by atomic mass is 10.1. The molecule has 0 aliphatic rings. The van der Waals surface area contributed by atoms with Crippen LogP contribution in [0.5, 0.6) is 5.75 Å². The molecule has 1 N–H and O–H groups in total. The van der Waals surface area contributed by atoms with Gasteiger partial charge in [0.1, 0.15) is 12.3 Å². The maximum Gasteiger partial charge on any atom is 0.317 e. The number of nitrogens with zero attached hydrogens (tertiary/aromatic N) is 3. The summed E-state index contributed by atoms with van der Waals surface area (Å²) >= 11 is 0. The quantitative estimate of drug-likeness (QED) is 0.795. The van der Waals surface area contributed by atoms with Gasteiger partial charge in [0.2, 0.25) is 11.8 Å². The number of carbonyl (C=O) groups is 1. The standard InChI is InChI=1S/C18H26N4O3/c1-5-16-20-21-17(25-16)12-22(4)18(23)19-11-10-14-8-6-7-9-15(14)24-13(2)3/h6-9,13H,5,10-12H2,1-4H3,(H,19,23). The van der Waals surface area contributed by atoms with E-state index in [1.807, 2.05) is 45.0 Å². The van der Waals surface area contributed by atoms with Crippen molar-refractivity contribution >= 4 is 6.03 Å². The van der Waals surface area contributed by atoms with Gasteiger partial charge in [-0.2, -0.15) is 0 Å². The summed E-state index contributed by atoms with van der Waals surface area (Å²) in [5, 5.41) is 10.7. The van der Waals surface area contributed by atoms with Crippen LogP contribution in [-0.2, 0) is 19.4 Å². The summed E-state index contributed by atoms with van der Waals surface area (Å²) in [6, 6.07) is 7.70. The lowest BCUT2D eigenvalue weighted by Gasteiger charge is -2.17. The second-order valence-corrected chi connectivity index (χ2v) is 6.06. The minimum atomic E-state index is -0.182. The Morgan fingerprint density at radius 3 is 2.68 bits per heavy atom. The van der Waals surface area contributed by atoms with E-state index in [1.165, 1.54) is 4.90 Å². The SMILES string of the molecule is CCc1nnc(CN(C)C(=O)NCCc2ccccc2OC(C)C)o1. The van der Waals surface area contributed by atoms with Crippen molar-refractivity contribution in [3.05, 3.63) is 41.6 Å². The van der Waals surface area contributed by atoms with E-state index < -0.39 is 0 Å². The van der Waals surface area contributed by atoms with E-state index in [0.29, 0.717) is 31.2 Å². The molecule has 7 heteroatoms. The van der Waals surface area contributed by atoms with Crippen LogP contribution in [0.15, 0.2) is 28.7 Å². The molecule has 1 aromatic heterocycles. The first-order valence-corrected chi connectivity index (χ1v) is 8.54. The zero-order valence-corrected chi connectivity index (χ0v) is 15.3. The van der Waals surface area contributed by atoms with Gasteiger partial charge in [-0.1, -0.05) is 25.1 Å². The maximum atomic E-state index is 12.2. The normalized spacial score (nSPS) is 10.8. The van der Waals surface area contributed by atoms with E-state index in [4.69, 9.17) is 9.15 Å². The van der Waals surface area contributed by atoms with Gasteiger partial charge in [0.05, 0.1) is 6.10 Å². The smallest absolute Gasteiger partial charge is 0.317 e. The number of rotatable bonds is 8. The van der Waals surface area contributed by atoms with Crippen LogP contribution >= 0.6 is 0 Å². The maximum absolute atomic E-state index is 12.2. The van der Waals surface area contributed by atoms with Crippen molar-refractivity contribution in [1.82, 2.24) is 20.4 Å². The van der Waals surface area contributed by atoms with Gasteiger partial charge in [0.25, 0.3) is 0 Å². The molecule has 0 unspecified atom stereocenters. The van der Waals surface area contributed by atoms with Gasteiger partial charge in [-0.3, -0.25) is 0 Å². The highest BCUT2D eigenvalue weighted by Gasteiger charge is 2.13. The zero-order valence-electron chi connectivity index (χ0n) is 15.3. The molecule has 0 fully saturated rings. The first-order valence-electron chi connectivity index (χ1n) is 8.54. The molecule has 0 radical (unpaired) electrons. The number of para-hydroxylation sites is 1. The van der Waals surface area contributed by atoms with Crippen molar-refractivity contribution in [2.75, 3.05) is 13.6 Å². The van der Waals surface area contributed by atoms with Gasteiger partial charge in [-0.15, -0.1) is 10.2 Å². The number of hydrogen-bond acceptors (Lipinski definition) is 5. The molecule has 0 saturated heterocycles. The highest BCUT2D eigenvalue weighted by atomic mass is 16.5. The molecule has 0 spiro atoms. The first-order chi connectivity index (χ1) is 12.0. The van der Waals surface area contributed by atoms with Crippen LogP contribution in [0, 0.1) is 0 Å². The van der Waals surface area contributed by atoms with Crippen molar-refractivity contribution < 1.29 is 13.9 Å². The lowest BCUT2D eigenvalue weighted by molar-refractivity contribution is 0.201. The molecule has 2 amide bonds. The molecule has 2 aromatic rings. The molecule has 0 saturated carbocycles. The van der Waals surface area contributed by atoms with Crippen molar-refractivity contribution in [2.24, 2.45) is 0 Å². The summed E-state index contributed by atoms with van der Waals surface area (Å²) < 4.78 is 11.2. The zero-order chi connectivity index (χ0) is 18.2. The molecule has 7 nitrogen and oxygen atoms in total. The molecule has 1 aromatic carbocycles. The number of aryl methyl sites for hydroxylation is 1. The van der Waals surface area contributed by atoms with E-state index >= 15 is 0 Å². The summed E-state index contributed by atoms with van der Waals surface area (Å²) in [5.74, 6) is 1.87. The van der Waals surface area contributed by atoms with Crippen molar-refractivity contribution in [2.45, 2.75) is 46.3 Å². The minimum absolute atomic E-state index is 0.115. The van der Waals surface area contributed by atoms with Crippen LogP contribution in [0.1, 0.15) is 38.1 Å². The van der Waals surface area contributed by atoms with Crippen molar-refractivity contribution in [3.63, 3.8) is 0 Å². The molecular formula is C18H26N4O3. The Morgan fingerprint density at radius 1 is 1.28 bits per heavy atom. The Kier molecular flexibility index (Phi) is 6.80. The lowest BCUT2D eigenvalue weighted by Crippen LogP contribution is -2.37. The van der Waals surface area contributed by atoms with Crippen LogP contribution in [0.25, 0.3) is 0 Å². The third kappa shape index (κ3) is 5.77. The largest absolute Gasteiger partial charge is 0.491 e. The Morgan fingerprint density at radius 2 is 2.00 bits per heavy atom. The third-order valence-electron chi connectivity index (χ3n) is 3.54. The predicted molar refractivity (Wildman–Crippen MR) is 94.5 cm³/mol. The second kappa shape index (κ2) is 9.05. The van der Waals surface area contributed by atoms with E-state index in [-0.39, 0.29) is 18.7 Å². The molecule has 2 rings (SSSR count). The number of amides is 2. The monoisotopic (exact) mass is 346 g/mol. The highest BCUT2D eigenvalue weighted by Crippen LogP contribution is 2.19. The average molecular weight is 346 g/mol. The van der Waals surface area contributed by atoms with Gasteiger partial charge in [-0.25, -0.2) is 4.79 Å². The van der Waals surface area contributed by atoms with Crippen molar-refractivity contribution in [1.29, 1.82) is 0 Å². The molecule has 136 valence electrons. The molecule has 0 bridgehead atoms. The highest BCUT2D eigenvalue weighted by molar-refractivity contribution is 5.73. The number of carbonyl (C=O) groups excluding carboxylic acids is 1.